The van der Waals surface area contributed by atoms with Crippen LogP contribution in [0.1, 0.15) is 5.56 Å². The number of hydrogen-bond acceptors (Lipinski definition) is 7. The van der Waals surface area contributed by atoms with Gasteiger partial charge >= 0.3 is 0 Å². The average Bonchev–Trinajstić information content (AvgIpc) is 3.12. The van der Waals surface area contributed by atoms with E-state index in [9.17, 15) is 8.42 Å². The highest BCUT2D eigenvalue weighted by molar-refractivity contribution is 7.99. The van der Waals surface area contributed by atoms with E-state index in [-0.39, 0.29) is 18.1 Å². The fourth-order valence-electron chi connectivity index (χ4n) is 2.49. The van der Waals surface area contributed by atoms with Crippen molar-refractivity contribution in [3.8, 4) is 0 Å². The van der Waals surface area contributed by atoms with E-state index < -0.39 is 10.1 Å². The number of nitrogens with one attached hydrogen (secondary N) is 1. The number of benzene rings is 2. The molecule has 9 heteroatoms. The molecule has 0 saturated heterocycles. The molecule has 0 fully saturated rings. The maximum absolute atomic E-state index is 12.0. The normalized spacial score (nSPS) is 11.9. The van der Waals surface area contributed by atoms with E-state index in [4.69, 9.17) is 13.7 Å². The Labute approximate surface area is 174 Å². The Morgan fingerprint density at radius 1 is 0.931 bits per heavy atom. The number of rotatable bonds is 12. The molecular formula is C20H24N2O5S2. The molecule has 1 aromatic heterocycles. The quantitative estimate of drug-likeness (QED) is 0.264. The van der Waals surface area contributed by atoms with Crippen LogP contribution in [0.5, 0.6) is 0 Å². The van der Waals surface area contributed by atoms with Crippen molar-refractivity contribution in [2.45, 2.75) is 17.0 Å². The molecule has 29 heavy (non-hydrogen) atoms. The topological polar surface area (TPSA) is 90.5 Å². The largest absolute Gasteiger partial charge is 0.378 e. The summed E-state index contributed by atoms with van der Waals surface area (Å²) in [4.78, 5) is 7.89. The van der Waals surface area contributed by atoms with Gasteiger partial charge in [0.05, 0.1) is 49.0 Å². The number of aryl methyl sites for hydroxylation is 1. The summed E-state index contributed by atoms with van der Waals surface area (Å²) in [6.07, 6.45) is 0. The third-order valence-corrected chi connectivity index (χ3v) is 6.15. The van der Waals surface area contributed by atoms with Crippen LogP contribution >= 0.6 is 11.8 Å². The predicted octanol–water partition coefficient (Wildman–Crippen LogP) is 3.40. The number of hydrogen-bond donors (Lipinski definition) is 1. The molecule has 0 aliphatic heterocycles. The van der Waals surface area contributed by atoms with Crippen molar-refractivity contribution in [1.82, 2.24) is 9.97 Å². The number of para-hydroxylation sites is 2. The molecule has 0 radical (unpaired) electrons. The number of aromatic nitrogens is 2. The van der Waals surface area contributed by atoms with Gasteiger partial charge in [-0.25, -0.2) is 4.98 Å². The van der Waals surface area contributed by atoms with Crippen LogP contribution < -0.4 is 0 Å². The molecule has 1 N–H and O–H groups in total. The smallest absolute Gasteiger partial charge is 0.297 e. The maximum atomic E-state index is 12.0. The summed E-state index contributed by atoms with van der Waals surface area (Å²) < 4.78 is 39.9. The molecule has 3 aromatic rings. The summed E-state index contributed by atoms with van der Waals surface area (Å²) in [5, 5.41) is 0.873. The van der Waals surface area contributed by atoms with E-state index in [1.165, 1.54) is 12.1 Å². The molecule has 0 amide bonds. The molecule has 0 saturated carbocycles. The number of fused-ring (bicyclic) bond motifs is 1. The zero-order chi connectivity index (χ0) is 20.5. The molecule has 0 atom stereocenters. The van der Waals surface area contributed by atoms with Crippen LogP contribution in [0, 0.1) is 6.92 Å². The zero-order valence-corrected chi connectivity index (χ0v) is 17.8. The lowest BCUT2D eigenvalue weighted by molar-refractivity contribution is 0.0421. The Balaban J connectivity index is 1.22. The monoisotopic (exact) mass is 436 g/mol. The fourth-order valence-corrected chi connectivity index (χ4v) is 4.13. The van der Waals surface area contributed by atoms with Gasteiger partial charge in [-0.05, 0) is 31.2 Å². The van der Waals surface area contributed by atoms with Crippen molar-refractivity contribution in [2.75, 3.05) is 38.8 Å². The predicted molar refractivity (Wildman–Crippen MR) is 113 cm³/mol. The van der Waals surface area contributed by atoms with Gasteiger partial charge in [0.25, 0.3) is 10.1 Å². The van der Waals surface area contributed by atoms with Crippen molar-refractivity contribution in [1.29, 1.82) is 0 Å². The van der Waals surface area contributed by atoms with Crippen LogP contribution in [0.25, 0.3) is 11.0 Å². The number of ether oxygens (including phenoxy) is 2. The van der Waals surface area contributed by atoms with E-state index in [2.05, 4.69) is 9.97 Å². The van der Waals surface area contributed by atoms with Gasteiger partial charge in [0.1, 0.15) is 0 Å². The number of imidazole rings is 1. The molecule has 156 valence electrons. The Hall–Kier alpha value is -1.91. The van der Waals surface area contributed by atoms with E-state index in [0.717, 1.165) is 27.5 Å². The number of aromatic amines is 1. The minimum absolute atomic E-state index is 0.0296. The molecule has 1 heterocycles. The molecule has 0 unspecified atom stereocenters. The van der Waals surface area contributed by atoms with Gasteiger partial charge in [-0.15, -0.1) is 0 Å². The lowest BCUT2D eigenvalue weighted by atomic mass is 10.2. The first kappa shape index (κ1) is 21.8. The highest BCUT2D eigenvalue weighted by Crippen LogP contribution is 2.18. The van der Waals surface area contributed by atoms with Crippen molar-refractivity contribution in [2.24, 2.45) is 0 Å². The number of H-pyrrole nitrogens is 1. The van der Waals surface area contributed by atoms with Crippen molar-refractivity contribution < 1.29 is 22.1 Å². The van der Waals surface area contributed by atoms with Crippen molar-refractivity contribution in [3.05, 3.63) is 54.1 Å². The van der Waals surface area contributed by atoms with Crippen LogP contribution in [0.2, 0.25) is 0 Å². The van der Waals surface area contributed by atoms with Gasteiger partial charge < -0.3 is 14.5 Å². The lowest BCUT2D eigenvalue weighted by Crippen LogP contribution is -2.14. The maximum Gasteiger partial charge on any atom is 0.297 e. The molecule has 0 bridgehead atoms. The fraction of sp³-hybridized carbons (Fsp3) is 0.350. The first-order valence-corrected chi connectivity index (χ1v) is 11.6. The minimum atomic E-state index is -3.74. The second-order valence-electron chi connectivity index (χ2n) is 6.22. The Kier molecular flexibility index (Phi) is 8.08. The van der Waals surface area contributed by atoms with Crippen molar-refractivity contribution in [3.63, 3.8) is 0 Å². The van der Waals surface area contributed by atoms with Gasteiger partial charge in [-0.2, -0.15) is 8.42 Å². The van der Waals surface area contributed by atoms with Crippen LogP contribution in [-0.4, -0.2) is 57.2 Å². The highest BCUT2D eigenvalue weighted by Gasteiger charge is 2.14. The van der Waals surface area contributed by atoms with Crippen LogP contribution in [-0.2, 0) is 23.8 Å². The summed E-state index contributed by atoms with van der Waals surface area (Å²) in [5.74, 6) is 0.776. The highest BCUT2D eigenvalue weighted by atomic mass is 32.2. The summed E-state index contributed by atoms with van der Waals surface area (Å²) in [5.41, 5.74) is 2.97. The summed E-state index contributed by atoms with van der Waals surface area (Å²) in [6.45, 7) is 3.43. The molecule has 3 rings (SSSR count). The summed E-state index contributed by atoms with van der Waals surface area (Å²) in [7, 11) is -3.74. The van der Waals surface area contributed by atoms with Crippen LogP contribution in [0.3, 0.4) is 0 Å². The Morgan fingerprint density at radius 3 is 2.38 bits per heavy atom. The first-order chi connectivity index (χ1) is 14.0. The van der Waals surface area contributed by atoms with Gasteiger partial charge in [0, 0.05) is 5.75 Å². The van der Waals surface area contributed by atoms with E-state index >= 15 is 0 Å². The molecule has 2 aromatic carbocycles. The first-order valence-electron chi connectivity index (χ1n) is 9.24. The van der Waals surface area contributed by atoms with Gasteiger partial charge in [0.15, 0.2) is 5.16 Å². The lowest BCUT2D eigenvalue weighted by Gasteiger charge is -2.07. The number of nitrogens with zero attached hydrogens (tertiary/aromatic N) is 1. The third-order valence-electron chi connectivity index (χ3n) is 3.98. The van der Waals surface area contributed by atoms with Crippen LogP contribution in [0.15, 0.2) is 58.6 Å². The Bertz CT molecular complexity index is 970. The SMILES string of the molecule is Cc1ccc(S(=O)(=O)OCCOCCOCCSc2nc3ccccc3[nH]2)cc1. The standard InChI is InChI=1S/C20H24N2O5S2/c1-16-6-8-17(9-7-16)29(23,24)27-13-12-25-10-11-26-14-15-28-20-21-18-4-2-3-5-19(18)22-20/h2-9H,10-15H2,1H3,(H,21,22). The average molecular weight is 437 g/mol. The van der Waals surface area contributed by atoms with Crippen molar-refractivity contribution >= 4 is 32.9 Å². The minimum Gasteiger partial charge on any atom is -0.378 e. The Morgan fingerprint density at radius 2 is 1.62 bits per heavy atom. The van der Waals surface area contributed by atoms with Gasteiger partial charge in [-0.3, -0.25) is 4.18 Å². The van der Waals surface area contributed by atoms with Gasteiger partial charge in [0.2, 0.25) is 0 Å². The van der Waals surface area contributed by atoms with E-state index in [0.29, 0.717) is 19.8 Å². The number of thioether (sulfide) groups is 1. The molecular weight excluding hydrogens is 412 g/mol. The second kappa shape index (κ2) is 10.7. The molecule has 0 aliphatic rings. The third kappa shape index (κ3) is 6.83. The summed E-state index contributed by atoms with van der Waals surface area (Å²) >= 11 is 1.60. The van der Waals surface area contributed by atoms with E-state index in [1.54, 1.807) is 23.9 Å². The molecule has 0 spiro atoms. The molecule has 0 aliphatic carbocycles. The van der Waals surface area contributed by atoms with Crippen LogP contribution in [0.4, 0.5) is 0 Å². The molecule has 7 nitrogen and oxygen atoms in total. The second-order valence-corrected chi connectivity index (χ2v) is 8.92. The van der Waals surface area contributed by atoms with E-state index in [1.807, 2.05) is 31.2 Å². The summed E-state index contributed by atoms with van der Waals surface area (Å²) in [6, 6.07) is 14.4. The van der Waals surface area contributed by atoms with Gasteiger partial charge in [-0.1, -0.05) is 41.6 Å². The zero-order valence-electron chi connectivity index (χ0n) is 16.2.